The van der Waals surface area contributed by atoms with Crippen molar-refractivity contribution in [3.8, 4) is 0 Å². The molecule has 1 aromatic carbocycles. The minimum absolute atomic E-state index is 0.132. The third-order valence-corrected chi connectivity index (χ3v) is 2.72. The molecule has 1 aromatic heterocycles. The lowest BCUT2D eigenvalue weighted by Crippen LogP contribution is -2.48. The summed E-state index contributed by atoms with van der Waals surface area (Å²) in [6.07, 6.45) is 1.66. The van der Waals surface area contributed by atoms with Crippen LogP contribution < -0.4 is 10.5 Å². The van der Waals surface area contributed by atoms with Gasteiger partial charge in [-0.3, -0.25) is 9.59 Å². The number of hydrazine groups is 1. The van der Waals surface area contributed by atoms with Gasteiger partial charge in [0.05, 0.1) is 0 Å². The molecule has 98 valence electrons. The smallest absolute Gasteiger partial charge is 0.253 e. The highest BCUT2D eigenvalue weighted by Crippen LogP contribution is 2.11. The van der Waals surface area contributed by atoms with E-state index >= 15 is 0 Å². The Balaban J connectivity index is 2.40. The zero-order valence-electron chi connectivity index (χ0n) is 10.8. The molecule has 5 heteroatoms. The average Bonchev–Trinajstić information content (AvgIpc) is 2.88. The van der Waals surface area contributed by atoms with E-state index in [4.69, 9.17) is 0 Å². The summed E-state index contributed by atoms with van der Waals surface area (Å²) >= 11 is 0. The van der Waals surface area contributed by atoms with Gasteiger partial charge >= 0.3 is 0 Å². The van der Waals surface area contributed by atoms with Crippen molar-refractivity contribution in [3.05, 3.63) is 59.9 Å². The Morgan fingerprint density at radius 1 is 1.11 bits per heavy atom. The van der Waals surface area contributed by atoms with Gasteiger partial charge in [0.1, 0.15) is 5.69 Å². The fourth-order valence-corrected chi connectivity index (χ4v) is 1.88. The summed E-state index contributed by atoms with van der Waals surface area (Å²) in [7, 11) is 1.62. The van der Waals surface area contributed by atoms with Crippen molar-refractivity contribution in [2.75, 3.05) is 12.2 Å². The summed E-state index contributed by atoms with van der Waals surface area (Å²) < 4.78 is 1.50. The summed E-state index contributed by atoms with van der Waals surface area (Å²) in [6.45, 7) is 1.42. The van der Waals surface area contributed by atoms with Crippen molar-refractivity contribution in [2.24, 2.45) is 0 Å². The number of hydrogen-bond acceptors (Lipinski definition) is 3. The molecule has 0 aliphatic heterocycles. The second-order valence-corrected chi connectivity index (χ2v) is 3.99. The summed E-state index contributed by atoms with van der Waals surface area (Å²) in [5, 5.41) is 1.27. The number of aromatic nitrogens is 1. The molecule has 0 aliphatic carbocycles. The van der Waals surface area contributed by atoms with Gasteiger partial charge in [0.15, 0.2) is 0 Å². The number of benzene rings is 1. The van der Waals surface area contributed by atoms with Crippen molar-refractivity contribution in [1.82, 2.24) is 10.1 Å². The Bertz CT molecular complexity index is 590. The molecular formula is C14H15N3O2. The second kappa shape index (κ2) is 5.49. The van der Waals surface area contributed by atoms with Crippen LogP contribution in [0.3, 0.4) is 0 Å². The zero-order valence-corrected chi connectivity index (χ0v) is 10.8. The van der Waals surface area contributed by atoms with Gasteiger partial charge in [0.2, 0.25) is 5.78 Å². The van der Waals surface area contributed by atoms with Gasteiger partial charge in [-0.1, -0.05) is 30.3 Å². The maximum Gasteiger partial charge on any atom is 0.253 e. The molecule has 1 amide bonds. The van der Waals surface area contributed by atoms with E-state index in [1.807, 2.05) is 6.07 Å². The van der Waals surface area contributed by atoms with E-state index in [-0.39, 0.29) is 11.7 Å². The Kier molecular flexibility index (Phi) is 3.77. The molecule has 0 unspecified atom stereocenters. The van der Waals surface area contributed by atoms with Gasteiger partial charge in [-0.2, -0.15) is 5.12 Å². The number of carbonyl (C=O) groups excluding carboxylic acids is 2. The first-order valence-corrected chi connectivity index (χ1v) is 5.90. The van der Waals surface area contributed by atoms with Gasteiger partial charge < -0.3 is 0 Å². The molecule has 0 saturated heterocycles. The van der Waals surface area contributed by atoms with Crippen LogP contribution in [0.5, 0.6) is 0 Å². The van der Waals surface area contributed by atoms with Crippen LogP contribution in [0.25, 0.3) is 0 Å². The molecule has 2 rings (SSSR count). The van der Waals surface area contributed by atoms with Crippen molar-refractivity contribution in [1.29, 1.82) is 0 Å². The molecule has 0 atom stereocenters. The second-order valence-electron chi connectivity index (χ2n) is 3.99. The molecule has 1 N–H and O–H groups in total. The third-order valence-electron chi connectivity index (χ3n) is 2.72. The van der Waals surface area contributed by atoms with Gasteiger partial charge in [0, 0.05) is 25.7 Å². The fourth-order valence-electron chi connectivity index (χ4n) is 1.88. The van der Waals surface area contributed by atoms with E-state index in [2.05, 4.69) is 5.43 Å². The van der Waals surface area contributed by atoms with E-state index in [0.717, 1.165) is 0 Å². The normalized spacial score (nSPS) is 10.2. The van der Waals surface area contributed by atoms with Crippen LogP contribution in [-0.2, 0) is 4.79 Å². The largest absolute Gasteiger partial charge is 0.287 e. The summed E-state index contributed by atoms with van der Waals surface area (Å²) in [5.74, 6) is -0.340. The Morgan fingerprint density at radius 2 is 1.79 bits per heavy atom. The molecular weight excluding hydrogens is 242 g/mol. The van der Waals surface area contributed by atoms with Crippen LogP contribution >= 0.6 is 0 Å². The predicted molar refractivity (Wildman–Crippen MR) is 72.3 cm³/mol. The van der Waals surface area contributed by atoms with E-state index < -0.39 is 0 Å². The van der Waals surface area contributed by atoms with Gasteiger partial charge in [-0.05, 0) is 12.1 Å². The van der Waals surface area contributed by atoms with Crippen LogP contribution in [-0.4, -0.2) is 23.4 Å². The molecule has 0 radical (unpaired) electrons. The van der Waals surface area contributed by atoms with Gasteiger partial charge in [0.25, 0.3) is 5.91 Å². The summed E-state index contributed by atoms with van der Waals surface area (Å²) in [5.41, 5.74) is 3.76. The molecule has 0 aliphatic rings. The van der Waals surface area contributed by atoms with E-state index in [9.17, 15) is 9.59 Å². The highest BCUT2D eigenvalue weighted by atomic mass is 16.2. The molecule has 0 fully saturated rings. The van der Waals surface area contributed by atoms with E-state index in [1.54, 1.807) is 49.6 Å². The zero-order chi connectivity index (χ0) is 13.8. The molecule has 0 spiro atoms. The predicted octanol–water partition coefficient (Wildman–Crippen LogP) is 1.34. The average molecular weight is 257 g/mol. The summed E-state index contributed by atoms with van der Waals surface area (Å²) in [6, 6.07) is 12.4. The number of rotatable bonds is 4. The van der Waals surface area contributed by atoms with Crippen LogP contribution in [0.2, 0.25) is 0 Å². The fraction of sp³-hybridized carbons (Fsp3) is 0.143. The third kappa shape index (κ3) is 2.56. The van der Waals surface area contributed by atoms with E-state index in [1.165, 1.54) is 16.7 Å². The maximum absolute atomic E-state index is 12.4. The van der Waals surface area contributed by atoms with Crippen molar-refractivity contribution >= 4 is 11.7 Å². The first-order chi connectivity index (χ1) is 9.15. The number of nitrogens with zero attached hydrogens (tertiary/aromatic N) is 2. The number of ketones is 1. The molecule has 0 saturated carbocycles. The monoisotopic (exact) mass is 257 g/mol. The summed E-state index contributed by atoms with van der Waals surface area (Å²) in [4.78, 5) is 23.9. The van der Waals surface area contributed by atoms with Crippen LogP contribution in [0.15, 0.2) is 48.7 Å². The Hall–Kier alpha value is -2.40. The Morgan fingerprint density at radius 3 is 2.37 bits per heavy atom. The lowest BCUT2D eigenvalue weighted by molar-refractivity contribution is -0.118. The van der Waals surface area contributed by atoms with Crippen molar-refractivity contribution in [2.45, 2.75) is 6.92 Å². The number of hydrogen-bond donors (Lipinski definition) is 1. The van der Waals surface area contributed by atoms with Crippen molar-refractivity contribution in [3.63, 3.8) is 0 Å². The highest BCUT2D eigenvalue weighted by Gasteiger charge is 2.18. The van der Waals surface area contributed by atoms with E-state index in [0.29, 0.717) is 11.3 Å². The number of nitrogens with one attached hydrogen (secondary N) is 1. The molecule has 0 bridgehead atoms. The number of carbonyl (C=O) groups is 2. The SMILES string of the molecule is CNN(C(C)=O)n1cccc1C(=O)c1ccccc1. The minimum atomic E-state index is -0.208. The van der Waals surface area contributed by atoms with Gasteiger partial charge in [-0.25, -0.2) is 10.1 Å². The topological polar surface area (TPSA) is 54.3 Å². The lowest BCUT2D eigenvalue weighted by atomic mass is 10.1. The number of amides is 1. The van der Waals surface area contributed by atoms with Gasteiger partial charge in [-0.15, -0.1) is 0 Å². The van der Waals surface area contributed by atoms with Crippen LogP contribution in [0, 0.1) is 0 Å². The van der Waals surface area contributed by atoms with Crippen LogP contribution in [0.4, 0.5) is 0 Å². The quantitative estimate of drug-likeness (QED) is 0.664. The molecule has 19 heavy (non-hydrogen) atoms. The highest BCUT2D eigenvalue weighted by molar-refractivity contribution is 6.08. The first kappa shape index (κ1) is 13.0. The lowest BCUT2D eigenvalue weighted by Gasteiger charge is -2.22. The minimum Gasteiger partial charge on any atom is -0.287 e. The van der Waals surface area contributed by atoms with Crippen molar-refractivity contribution < 1.29 is 9.59 Å². The first-order valence-electron chi connectivity index (χ1n) is 5.90. The molecule has 5 nitrogen and oxygen atoms in total. The Labute approximate surface area is 111 Å². The maximum atomic E-state index is 12.4. The standard InChI is InChI=1S/C14H15N3O2/c1-11(18)17(15-2)16-10-6-9-13(16)14(19)12-7-4-3-5-8-12/h3-10,15H,1-2H3. The molecule has 2 aromatic rings. The van der Waals surface area contributed by atoms with Crippen LogP contribution in [0.1, 0.15) is 23.0 Å². The molecule has 1 heterocycles.